The van der Waals surface area contributed by atoms with E-state index in [4.69, 9.17) is 57.8 Å². The van der Waals surface area contributed by atoms with E-state index in [-0.39, 0.29) is 0 Å². The largest absolute Gasteiger partial charge is 0.490 e. The highest BCUT2D eigenvalue weighted by atomic mass is 16.6. The number of unbranched alkanes of at least 4 members (excludes halogenated alkanes) is 27. The third kappa shape index (κ3) is 44.8. The van der Waals surface area contributed by atoms with E-state index >= 15 is 0 Å². The fourth-order valence-electron chi connectivity index (χ4n) is 8.85. The fourth-order valence-corrected chi connectivity index (χ4v) is 8.85. The van der Waals surface area contributed by atoms with E-state index in [1.807, 2.05) is 10.9 Å². The van der Waals surface area contributed by atoms with E-state index in [0.717, 1.165) is 47.8 Å². The van der Waals surface area contributed by atoms with E-state index in [0.29, 0.717) is 139 Å². The first kappa shape index (κ1) is 70.5. The van der Waals surface area contributed by atoms with Crippen molar-refractivity contribution in [1.82, 2.24) is 15.0 Å². The minimum atomic E-state index is 0.349. The van der Waals surface area contributed by atoms with Gasteiger partial charge in [-0.05, 0) is 37.0 Å². The zero-order chi connectivity index (χ0) is 54.8. The fraction of sp³-hybridized carbons (Fsp3) is 0.871. The van der Waals surface area contributed by atoms with E-state index in [9.17, 15) is 0 Å². The van der Waals surface area contributed by atoms with Crippen molar-refractivity contribution in [3.63, 3.8) is 0 Å². The van der Waals surface area contributed by atoms with Crippen LogP contribution in [0.5, 0.6) is 17.2 Å². The van der Waals surface area contributed by atoms with E-state index in [1.165, 1.54) is 173 Å². The van der Waals surface area contributed by atoms with Crippen molar-refractivity contribution in [2.75, 3.05) is 125 Å². The Hall–Kier alpha value is -2.60. The van der Waals surface area contributed by atoms with E-state index in [2.05, 4.69) is 43.2 Å². The van der Waals surface area contributed by atoms with Gasteiger partial charge in [-0.25, -0.2) is 4.68 Å². The van der Waals surface area contributed by atoms with Gasteiger partial charge < -0.3 is 57.8 Å². The molecule has 450 valence electrons. The number of nitrogens with zero attached hydrogens (tertiary/aromatic N) is 3. The molecule has 0 spiro atoms. The van der Waals surface area contributed by atoms with Crippen LogP contribution >= 0.6 is 0 Å². The number of hydrogen-bond donors (Lipinski definition) is 1. The lowest BCUT2D eigenvalue weighted by Gasteiger charge is -2.19. The van der Waals surface area contributed by atoms with Gasteiger partial charge in [0.05, 0.1) is 138 Å². The first-order valence-electron chi connectivity index (χ1n) is 31.5. The number of hydrogen-bond acceptors (Lipinski definition) is 14. The van der Waals surface area contributed by atoms with Crippen molar-refractivity contribution in [3.8, 4) is 17.2 Å². The second-order valence-electron chi connectivity index (χ2n) is 20.5. The van der Waals surface area contributed by atoms with Gasteiger partial charge in [0.2, 0.25) is 5.75 Å². The molecular formula is C62H116N4O11. The second kappa shape index (κ2) is 56.7. The van der Waals surface area contributed by atoms with Gasteiger partial charge in [0.15, 0.2) is 11.5 Å². The molecule has 0 saturated heterocycles. The number of benzene rings is 1. The Labute approximate surface area is 470 Å². The van der Waals surface area contributed by atoms with Crippen LogP contribution in [0.2, 0.25) is 0 Å². The van der Waals surface area contributed by atoms with Gasteiger partial charge in [-0.3, -0.25) is 0 Å². The normalized spacial score (nSPS) is 11.6. The van der Waals surface area contributed by atoms with Crippen LogP contribution in [0.25, 0.3) is 0 Å². The third-order valence-electron chi connectivity index (χ3n) is 13.4. The van der Waals surface area contributed by atoms with Crippen LogP contribution in [0.4, 0.5) is 0 Å². The zero-order valence-electron chi connectivity index (χ0n) is 49.7. The van der Waals surface area contributed by atoms with Crippen LogP contribution in [-0.4, -0.2) is 140 Å². The predicted molar refractivity (Wildman–Crippen MR) is 312 cm³/mol. The molecule has 0 fully saturated rings. The van der Waals surface area contributed by atoms with Crippen molar-refractivity contribution in [1.29, 1.82) is 0 Å². The summed E-state index contributed by atoms with van der Waals surface area (Å²) in [6.45, 7) is 17.8. The SMILES string of the molecule is CCCCCCCCCCCCOc1cc(Cn2cc(COCCOCCOCCOCCOCCOCCOCCOCCN)nn2)cc(OCCCCCCCCCCCC)c1OCCCCCCCCCCCC. The van der Waals surface area contributed by atoms with Gasteiger partial charge in [-0.1, -0.05) is 199 Å². The molecule has 15 heteroatoms. The molecule has 15 nitrogen and oxygen atoms in total. The van der Waals surface area contributed by atoms with Crippen molar-refractivity contribution in [2.24, 2.45) is 5.73 Å². The molecule has 0 amide bonds. The molecule has 2 rings (SSSR count). The lowest BCUT2D eigenvalue weighted by Crippen LogP contribution is -2.15. The highest BCUT2D eigenvalue weighted by Crippen LogP contribution is 2.40. The highest BCUT2D eigenvalue weighted by Gasteiger charge is 2.17. The molecule has 0 aliphatic rings. The summed E-state index contributed by atoms with van der Waals surface area (Å²) in [6.07, 6.45) is 40.6. The van der Waals surface area contributed by atoms with Crippen LogP contribution in [0.3, 0.4) is 0 Å². The molecule has 0 aliphatic carbocycles. The maximum atomic E-state index is 6.65. The summed E-state index contributed by atoms with van der Waals surface area (Å²) in [5, 5.41) is 8.89. The predicted octanol–water partition coefficient (Wildman–Crippen LogP) is 13.8. The van der Waals surface area contributed by atoms with Crippen molar-refractivity contribution in [2.45, 2.75) is 227 Å². The van der Waals surface area contributed by atoms with Gasteiger partial charge in [0.25, 0.3) is 0 Å². The maximum Gasteiger partial charge on any atom is 0.203 e. The topological polar surface area (TPSA) is 158 Å². The summed E-state index contributed by atoms with van der Waals surface area (Å²) in [6, 6.07) is 4.25. The molecule has 0 radical (unpaired) electrons. The summed E-state index contributed by atoms with van der Waals surface area (Å²) in [4.78, 5) is 0. The molecule has 0 bridgehead atoms. The lowest BCUT2D eigenvalue weighted by atomic mass is 10.1. The minimum absolute atomic E-state index is 0.349. The van der Waals surface area contributed by atoms with E-state index < -0.39 is 0 Å². The summed E-state index contributed by atoms with van der Waals surface area (Å²) < 4.78 is 66.3. The second-order valence-corrected chi connectivity index (χ2v) is 20.5. The van der Waals surface area contributed by atoms with Gasteiger partial charge in [-0.2, -0.15) is 0 Å². The van der Waals surface area contributed by atoms with Crippen LogP contribution < -0.4 is 19.9 Å². The van der Waals surface area contributed by atoms with Crippen LogP contribution in [0.1, 0.15) is 225 Å². The number of rotatable bonds is 63. The average Bonchev–Trinajstić information content (AvgIpc) is 3.89. The summed E-state index contributed by atoms with van der Waals surface area (Å²) >= 11 is 0. The Morgan fingerprint density at radius 1 is 0.351 bits per heavy atom. The summed E-state index contributed by atoms with van der Waals surface area (Å²) in [7, 11) is 0. The first-order valence-corrected chi connectivity index (χ1v) is 31.5. The standard InChI is InChI=1S/C62H116N4O11/c1-4-7-10-13-16-19-22-25-28-31-35-75-60-53-58(54-61(76-36-32-29-26-23-20-17-14-11-8-5-2)62(60)77-37-33-30-27-24-21-18-15-12-9-6-3)55-66-56-59(64-65-66)57-74-52-51-73-50-49-72-48-47-71-46-45-70-44-43-69-42-41-68-40-39-67-38-34-63/h53-54,56H,4-52,55,57,63H2,1-3H3. The Kier molecular flexibility index (Phi) is 51.9. The molecule has 0 aliphatic heterocycles. The smallest absolute Gasteiger partial charge is 0.203 e. The Morgan fingerprint density at radius 3 is 0.987 bits per heavy atom. The summed E-state index contributed by atoms with van der Waals surface area (Å²) in [5.74, 6) is 2.28. The first-order chi connectivity index (χ1) is 38.2. The number of aromatic nitrogens is 3. The van der Waals surface area contributed by atoms with Crippen LogP contribution in [0.15, 0.2) is 18.3 Å². The van der Waals surface area contributed by atoms with Crippen molar-refractivity contribution >= 4 is 0 Å². The molecule has 77 heavy (non-hydrogen) atoms. The Balaban J connectivity index is 1.83. The maximum absolute atomic E-state index is 6.65. The molecule has 2 aromatic rings. The van der Waals surface area contributed by atoms with Gasteiger partial charge in [-0.15, -0.1) is 5.10 Å². The Bertz CT molecular complexity index is 1460. The van der Waals surface area contributed by atoms with Crippen LogP contribution in [0, 0.1) is 0 Å². The zero-order valence-corrected chi connectivity index (χ0v) is 49.7. The molecule has 0 unspecified atom stereocenters. The van der Waals surface area contributed by atoms with Gasteiger partial charge in [0, 0.05) is 6.54 Å². The minimum Gasteiger partial charge on any atom is -0.490 e. The lowest BCUT2D eigenvalue weighted by molar-refractivity contribution is -0.0235. The van der Waals surface area contributed by atoms with Crippen LogP contribution in [-0.2, 0) is 51.0 Å². The molecule has 1 aromatic heterocycles. The van der Waals surface area contributed by atoms with Gasteiger partial charge >= 0.3 is 0 Å². The third-order valence-corrected chi connectivity index (χ3v) is 13.4. The number of ether oxygens (including phenoxy) is 11. The molecule has 1 heterocycles. The van der Waals surface area contributed by atoms with E-state index in [1.54, 1.807) is 0 Å². The van der Waals surface area contributed by atoms with Crippen molar-refractivity contribution in [3.05, 3.63) is 29.6 Å². The quantitative estimate of drug-likeness (QED) is 0.0624. The number of nitrogens with two attached hydrogens (primary N) is 1. The highest BCUT2D eigenvalue weighted by molar-refractivity contribution is 5.54. The average molecular weight is 1090 g/mol. The monoisotopic (exact) mass is 1090 g/mol. The molecular weight excluding hydrogens is 977 g/mol. The molecule has 0 atom stereocenters. The van der Waals surface area contributed by atoms with Crippen molar-refractivity contribution < 1.29 is 52.1 Å². The molecule has 0 saturated carbocycles. The van der Waals surface area contributed by atoms with Gasteiger partial charge in [0.1, 0.15) is 5.69 Å². The Morgan fingerprint density at radius 2 is 0.649 bits per heavy atom. The molecule has 1 aromatic carbocycles. The molecule has 2 N–H and O–H groups in total. The summed E-state index contributed by atoms with van der Waals surface area (Å²) in [5.41, 5.74) is 7.19.